The minimum Gasteiger partial charge on any atom is -0.460 e. The molecule has 0 amide bonds. The molecular formula is C50H28N4OS2. The molecular weight excluding hydrogens is 737 g/mol. The van der Waals surface area contributed by atoms with Gasteiger partial charge in [0.2, 0.25) is 0 Å². The molecule has 5 nitrogen and oxygen atoms in total. The van der Waals surface area contributed by atoms with E-state index >= 15 is 0 Å². The molecule has 0 fully saturated rings. The molecule has 0 saturated carbocycles. The Hall–Kier alpha value is -6.93. The quantitative estimate of drug-likeness (QED) is 0.179. The van der Waals surface area contributed by atoms with Crippen molar-refractivity contribution in [3.8, 4) is 28.5 Å². The van der Waals surface area contributed by atoms with Crippen LogP contribution in [0.3, 0.4) is 0 Å². The molecule has 0 bridgehead atoms. The summed E-state index contributed by atoms with van der Waals surface area (Å²) in [5.74, 6) is 2.87. The summed E-state index contributed by atoms with van der Waals surface area (Å²) in [5, 5.41) is 8.55. The normalized spacial score (nSPS) is 12.9. The van der Waals surface area contributed by atoms with Crippen LogP contribution in [0.4, 0.5) is 0 Å². The second-order valence-corrected chi connectivity index (χ2v) is 16.8. The number of hydrogen-bond acceptors (Lipinski definition) is 6. The minimum absolute atomic E-state index is 0.639. The zero-order valence-electron chi connectivity index (χ0n) is 30.2. The van der Waals surface area contributed by atoms with E-state index in [0.717, 1.165) is 50.1 Å². The third-order valence-electron chi connectivity index (χ3n) is 11.5. The number of aromatic nitrogens is 4. The molecule has 7 heteroatoms. The van der Waals surface area contributed by atoms with Crippen LogP contribution in [-0.2, 0) is 6.42 Å². The molecule has 0 unspecified atom stereocenters. The van der Waals surface area contributed by atoms with Crippen LogP contribution in [0.15, 0.2) is 162 Å². The molecule has 1 aliphatic rings. The van der Waals surface area contributed by atoms with Gasteiger partial charge in [0.05, 0.1) is 11.0 Å². The van der Waals surface area contributed by atoms with E-state index in [1.54, 1.807) is 0 Å². The van der Waals surface area contributed by atoms with Gasteiger partial charge in [-0.2, -0.15) is 0 Å². The average Bonchev–Trinajstić information content (AvgIpc) is 4.08. The maximum atomic E-state index is 6.33. The lowest BCUT2D eigenvalue weighted by Crippen LogP contribution is -2.04. The maximum absolute atomic E-state index is 6.33. The molecule has 13 rings (SSSR count). The number of furan rings is 1. The summed E-state index contributed by atoms with van der Waals surface area (Å²) in [4.78, 5) is 15.9. The van der Waals surface area contributed by atoms with Crippen LogP contribution in [-0.4, -0.2) is 19.5 Å². The smallest absolute Gasteiger partial charge is 0.164 e. The minimum atomic E-state index is 0.639. The number of hydrogen-bond donors (Lipinski definition) is 0. The number of fused-ring (bicyclic) bond motifs is 13. The van der Waals surface area contributed by atoms with Crippen molar-refractivity contribution in [3.05, 3.63) is 175 Å². The van der Waals surface area contributed by atoms with Crippen LogP contribution in [0.25, 0.3) is 107 Å². The highest BCUT2D eigenvalue weighted by atomic mass is 32.1. The molecule has 0 saturated heterocycles. The van der Waals surface area contributed by atoms with Crippen LogP contribution in [0, 0.1) is 0 Å². The van der Waals surface area contributed by atoms with Gasteiger partial charge in [-0.1, -0.05) is 115 Å². The summed E-state index contributed by atoms with van der Waals surface area (Å²) in [7, 11) is 0. The largest absolute Gasteiger partial charge is 0.460 e. The first-order valence-electron chi connectivity index (χ1n) is 19.1. The highest BCUT2D eigenvalue weighted by Crippen LogP contribution is 2.46. The summed E-state index contributed by atoms with van der Waals surface area (Å²) < 4.78 is 13.8. The second-order valence-electron chi connectivity index (χ2n) is 14.6. The molecule has 12 aromatic rings. The predicted molar refractivity (Wildman–Crippen MR) is 238 cm³/mol. The van der Waals surface area contributed by atoms with Crippen LogP contribution in [0.1, 0.15) is 17.1 Å². The van der Waals surface area contributed by atoms with Gasteiger partial charge in [0, 0.05) is 90.9 Å². The van der Waals surface area contributed by atoms with Gasteiger partial charge in [-0.25, -0.2) is 15.0 Å². The molecule has 5 aromatic heterocycles. The molecule has 1 aliphatic carbocycles. The average molecular weight is 765 g/mol. The van der Waals surface area contributed by atoms with Crippen LogP contribution < -0.4 is 0 Å². The van der Waals surface area contributed by atoms with Crippen molar-refractivity contribution in [1.29, 1.82) is 0 Å². The summed E-state index contributed by atoms with van der Waals surface area (Å²) in [6, 6.07) is 54.0. The van der Waals surface area contributed by atoms with E-state index in [9.17, 15) is 0 Å². The van der Waals surface area contributed by atoms with Crippen molar-refractivity contribution < 1.29 is 4.42 Å². The Morgan fingerprint density at radius 1 is 0.509 bits per heavy atom. The molecule has 266 valence electrons. The topological polar surface area (TPSA) is 56.7 Å². The first-order chi connectivity index (χ1) is 28.2. The summed E-state index contributed by atoms with van der Waals surface area (Å²) in [6.07, 6.45) is 2.89. The van der Waals surface area contributed by atoms with Crippen LogP contribution in [0.5, 0.6) is 0 Å². The van der Waals surface area contributed by atoms with Gasteiger partial charge in [-0.15, -0.1) is 22.7 Å². The molecule has 57 heavy (non-hydrogen) atoms. The van der Waals surface area contributed by atoms with Gasteiger partial charge in [0.15, 0.2) is 17.5 Å². The van der Waals surface area contributed by atoms with E-state index in [-0.39, 0.29) is 0 Å². The zero-order chi connectivity index (χ0) is 37.2. The van der Waals surface area contributed by atoms with Crippen molar-refractivity contribution in [1.82, 2.24) is 19.5 Å². The highest BCUT2D eigenvalue weighted by molar-refractivity contribution is 7.27. The van der Waals surface area contributed by atoms with Crippen molar-refractivity contribution in [2.24, 2.45) is 0 Å². The van der Waals surface area contributed by atoms with Gasteiger partial charge in [-0.05, 0) is 42.5 Å². The molecule has 0 N–H and O–H groups in total. The fourth-order valence-corrected chi connectivity index (χ4v) is 11.5. The lowest BCUT2D eigenvalue weighted by molar-refractivity contribution is 0.567. The van der Waals surface area contributed by atoms with Crippen molar-refractivity contribution >= 4 is 101 Å². The van der Waals surface area contributed by atoms with E-state index < -0.39 is 0 Å². The Bertz CT molecular complexity index is 3680. The van der Waals surface area contributed by atoms with E-state index in [2.05, 4.69) is 132 Å². The van der Waals surface area contributed by atoms with Crippen LogP contribution >= 0.6 is 22.7 Å². The van der Waals surface area contributed by atoms with Gasteiger partial charge in [-0.3, -0.25) is 0 Å². The lowest BCUT2D eigenvalue weighted by Gasteiger charge is -2.14. The van der Waals surface area contributed by atoms with E-state index in [0.29, 0.717) is 23.9 Å². The Balaban J connectivity index is 1.12. The molecule has 0 radical (unpaired) electrons. The molecule has 5 heterocycles. The predicted octanol–water partition coefficient (Wildman–Crippen LogP) is 13.8. The number of allylic oxidation sites excluding steroid dienone is 1. The van der Waals surface area contributed by atoms with Gasteiger partial charge >= 0.3 is 0 Å². The van der Waals surface area contributed by atoms with Crippen molar-refractivity contribution in [2.45, 2.75) is 6.42 Å². The second kappa shape index (κ2) is 11.8. The Morgan fingerprint density at radius 3 is 2.09 bits per heavy atom. The van der Waals surface area contributed by atoms with Gasteiger partial charge in [0.25, 0.3) is 0 Å². The summed E-state index contributed by atoms with van der Waals surface area (Å²) in [5.41, 5.74) is 8.26. The summed E-state index contributed by atoms with van der Waals surface area (Å²) in [6.45, 7) is 0. The maximum Gasteiger partial charge on any atom is 0.164 e. The molecule has 7 aromatic carbocycles. The third kappa shape index (κ3) is 4.52. The number of nitrogens with zero attached hydrogens (tertiary/aromatic N) is 4. The van der Waals surface area contributed by atoms with Gasteiger partial charge < -0.3 is 8.98 Å². The number of thiophene rings is 2. The van der Waals surface area contributed by atoms with Gasteiger partial charge in [0.1, 0.15) is 11.3 Å². The zero-order valence-corrected chi connectivity index (χ0v) is 31.9. The SMILES string of the molecule is C1=C(c2nc(-c3ccccc3)nc(-c3cc(-n4c5ccccc5c5c6sc7ccccc7c6ccc54)cc4sc5ccccc5c34)n2)c2c(oc3ccccc23)C1. The Kier molecular flexibility index (Phi) is 6.47. The van der Waals surface area contributed by atoms with E-state index in [1.165, 1.54) is 56.8 Å². The number of benzene rings is 7. The molecule has 0 spiro atoms. The monoisotopic (exact) mass is 764 g/mol. The molecule has 0 aliphatic heterocycles. The first kappa shape index (κ1) is 31.3. The fraction of sp³-hybridized carbons (Fsp3) is 0.0200. The Morgan fingerprint density at radius 2 is 1.21 bits per heavy atom. The summed E-state index contributed by atoms with van der Waals surface area (Å²) >= 11 is 3.69. The van der Waals surface area contributed by atoms with Crippen molar-refractivity contribution in [3.63, 3.8) is 0 Å². The first-order valence-corrected chi connectivity index (χ1v) is 20.7. The van der Waals surface area contributed by atoms with Crippen LogP contribution in [0.2, 0.25) is 0 Å². The standard InChI is InChI=1S/C50H28N4OS2/c1-2-12-28(13-3-1)48-51-49(35-23-25-40-44(35)33-16-5-9-19-39(33)55-40)53-50(52-48)36-26-29(27-43-45(36)34-17-7-11-21-42(34)56-43)54-37-18-8-4-15-32(37)46-38(54)24-22-31-30-14-6-10-20-41(30)57-47(31)46/h1-24,26-27H,25H2. The highest BCUT2D eigenvalue weighted by Gasteiger charge is 2.27. The lowest BCUT2D eigenvalue weighted by atomic mass is 10.0. The number of rotatable bonds is 4. The van der Waals surface area contributed by atoms with Crippen molar-refractivity contribution in [2.75, 3.05) is 0 Å². The van der Waals surface area contributed by atoms with E-state index in [4.69, 9.17) is 19.4 Å². The molecule has 0 atom stereocenters. The van der Waals surface area contributed by atoms with E-state index in [1.807, 2.05) is 53.0 Å². The Labute approximate surface area is 333 Å². The third-order valence-corrected chi connectivity index (χ3v) is 13.8. The fourth-order valence-electron chi connectivity index (χ4n) is 9.03. The number of para-hydroxylation sites is 2.